The molecule has 3 aromatic rings. The number of amides is 2. The van der Waals surface area contributed by atoms with Crippen molar-refractivity contribution in [3.05, 3.63) is 84.2 Å². The summed E-state index contributed by atoms with van der Waals surface area (Å²) in [6.45, 7) is 2.20. The SMILES string of the molecule is CC[C@@H](Oc1cccc(OC)c1)C(=O)Nc1ccccc1C(=O)NCc1cccnc1. The smallest absolute Gasteiger partial charge is 0.265 e. The Morgan fingerprint density at radius 1 is 1.03 bits per heavy atom. The number of ether oxygens (including phenoxy) is 2. The van der Waals surface area contributed by atoms with Gasteiger partial charge >= 0.3 is 0 Å². The molecule has 0 saturated heterocycles. The number of hydrogen-bond donors (Lipinski definition) is 2. The minimum atomic E-state index is -0.724. The fourth-order valence-electron chi connectivity index (χ4n) is 2.94. The lowest BCUT2D eigenvalue weighted by atomic mass is 10.1. The summed E-state index contributed by atoms with van der Waals surface area (Å²) in [5.41, 5.74) is 1.68. The molecule has 0 radical (unpaired) electrons. The highest BCUT2D eigenvalue weighted by molar-refractivity contribution is 6.04. The molecule has 160 valence electrons. The van der Waals surface area contributed by atoms with Crippen LogP contribution in [0.1, 0.15) is 29.3 Å². The van der Waals surface area contributed by atoms with Gasteiger partial charge in [0.2, 0.25) is 0 Å². The molecule has 0 bridgehead atoms. The van der Waals surface area contributed by atoms with Gasteiger partial charge in [-0.2, -0.15) is 0 Å². The Hall–Kier alpha value is -3.87. The van der Waals surface area contributed by atoms with Crippen LogP contribution in [-0.4, -0.2) is 30.0 Å². The summed E-state index contributed by atoms with van der Waals surface area (Å²) in [5.74, 6) is 0.548. The van der Waals surface area contributed by atoms with Crippen LogP contribution in [0.2, 0.25) is 0 Å². The molecule has 2 aromatic carbocycles. The third-order valence-corrected chi connectivity index (χ3v) is 4.59. The van der Waals surface area contributed by atoms with Gasteiger partial charge in [0.25, 0.3) is 11.8 Å². The second kappa shape index (κ2) is 10.8. The highest BCUT2D eigenvalue weighted by atomic mass is 16.5. The van der Waals surface area contributed by atoms with Gasteiger partial charge in [0, 0.05) is 25.0 Å². The Labute approximate surface area is 181 Å². The average Bonchev–Trinajstić information content (AvgIpc) is 2.82. The maximum atomic E-state index is 12.8. The molecule has 0 saturated carbocycles. The first-order chi connectivity index (χ1) is 15.1. The van der Waals surface area contributed by atoms with Crippen molar-refractivity contribution in [2.75, 3.05) is 12.4 Å². The minimum Gasteiger partial charge on any atom is -0.497 e. The van der Waals surface area contributed by atoms with E-state index in [1.807, 2.05) is 19.1 Å². The van der Waals surface area contributed by atoms with Crippen LogP contribution < -0.4 is 20.1 Å². The lowest BCUT2D eigenvalue weighted by Gasteiger charge is -2.19. The summed E-state index contributed by atoms with van der Waals surface area (Å²) in [5, 5.41) is 5.67. The van der Waals surface area contributed by atoms with Gasteiger partial charge in [-0.3, -0.25) is 14.6 Å². The standard InChI is InChI=1S/C24H25N3O4/c1-3-22(31-19-10-6-9-18(14-19)30-2)24(29)27-21-12-5-4-11-20(21)23(28)26-16-17-8-7-13-25-15-17/h4-15,22H,3,16H2,1-2H3,(H,26,28)(H,27,29)/t22-/m1/s1. The Kier molecular flexibility index (Phi) is 7.59. The largest absolute Gasteiger partial charge is 0.497 e. The maximum absolute atomic E-state index is 12.8. The van der Waals surface area contributed by atoms with Crippen LogP contribution in [0.25, 0.3) is 0 Å². The van der Waals surface area contributed by atoms with Crippen molar-refractivity contribution in [3.63, 3.8) is 0 Å². The van der Waals surface area contributed by atoms with Crippen LogP contribution in [0.3, 0.4) is 0 Å². The van der Waals surface area contributed by atoms with E-state index in [4.69, 9.17) is 9.47 Å². The topological polar surface area (TPSA) is 89.5 Å². The Bertz CT molecular complexity index is 1020. The fraction of sp³-hybridized carbons (Fsp3) is 0.208. The van der Waals surface area contributed by atoms with Crippen molar-refractivity contribution in [3.8, 4) is 11.5 Å². The zero-order chi connectivity index (χ0) is 22.1. The number of anilines is 1. The number of carbonyl (C=O) groups excluding carboxylic acids is 2. The first kappa shape index (κ1) is 21.8. The number of para-hydroxylation sites is 1. The molecule has 1 heterocycles. The van der Waals surface area contributed by atoms with Gasteiger partial charge in [-0.05, 0) is 42.3 Å². The minimum absolute atomic E-state index is 0.290. The van der Waals surface area contributed by atoms with Crippen molar-refractivity contribution >= 4 is 17.5 Å². The van der Waals surface area contributed by atoms with Crippen LogP contribution in [0.5, 0.6) is 11.5 Å². The summed E-state index contributed by atoms with van der Waals surface area (Å²) in [7, 11) is 1.57. The van der Waals surface area contributed by atoms with Gasteiger partial charge in [0.05, 0.1) is 18.4 Å². The third-order valence-electron chi connectivity index (χ3n) is 4.59. The van der Waals surface area contributed by atoms with Gasteiger partial charge < -0.3 is 20.1 Å². The normalized spacial score (nSPS) is 11.3. The fourth-order valence-corrected chi connectivity index (χ4v) is 2.94. The lowest BCUT2D eigenvalue weighted by molar-refractivity contribution is -0.122. The van der Waals surface area contributed by atoms with E-state index in [1.54, 1.807) is 68.0 Å². The van der Waals surface area contributed by atoms with Gasteiger partial charge in [-0.1, -0.05) is 31.2 Å². The number of carbonyl (C=O) groups is 2. The summed E-state index contributed by atoms with van der Waals surface area (Å²) in [6.07, 6.45) is 3.10. The first-order valence-corrected chi connectivity index (χ1v) is 9.98. The van der Waals surface area contributed by atoms with E-state index in [0.29, 0.717) is 35.7 Å². The van der Waals surface area contributed by atoms with E-state index in [-0.39, 0.29) is 11.8 Å². The summed E-state index contributed by atoms with van der Waals surface area (Å²) in [4.78, 5) is 29.6. The maximum Gasteiger partial charge on any atom is 0.265 e. The van der Waals surface area contributed by atoms with Crippen molar-refractivity contribution < 1.29 is 19.1 Å². The number of hydrogen-bond acceptors (Lipinski definition) is 5. The molecule has 7 nitrogen and oxygen atoms in total. The number of benzene rings is 2. The molecular formula is C24H25N3O4. The molecule has 2 N–H and O–H groups in total. The van der Waals surface area contributed by atoms with Crippen molar-refractivity contribution in [2.24, 2.45) is 0 Å². The van der Waals surface area contributed by atoms with Crippen LogP contribution in [0, 0.1) is 0 Å². The molecule has 1 aromatic heterocycles. The molecule has 0 spiro atoms. The lowest BCUT2D eigenvalue weighted by Crippen LogP contribution is -2.33. The van der Waals surface area contributed by atoms with E-state index in [9.17, 15) is 9.59 Å². The summed E-state index contributed by atoms with van der Waals surface area (Å²) in [6, 6.07) is 17.6. The summed E-state index contributed by atoms with van der Waals surface area (Å²) >= 11 is 0. The number of nitrogens with one attached hydrogen (secondary N) is 2. The zero-order valence-electron chi connectivity index (χ0n) is 17.5. The van der Waals surface area contributed by atoms with E-state index >= 15 is 0 Å². The Balaban J connectivity index is 1.68. The number of methoxy groups -OCH3 is 1. The predicted octanol–water partition coefficient (Wildman–Crippen LogP) is 3.82. The number of pyridine rings is 1. The number of rotatable bonds is 9. The van der Waals surface area contributed by atoms with E-state index in [2.05, 4.69) is 15.6 Å². The Morgan fingerprint density at radius 3 is 2.58 bits per heavy atom. The van der Waals surface area contributed by atoms with Crippen molar-refractivity contribution in [2.45, 2.75) is 26.0 Å². The quantitative estimate of drug-likeness (QED) is 0.550. The van der Waals surface area contributed by atoms with Gasteiger partial charge in [-0.25, -0.2) is 0 Å². The monoisotopic (exact) mass is 419 g/mol. The average molecular weight is 419 g/mol. The van der Waals surface area contributed by atoms with Crippen LogP contribution in [0.4, 0.5) is 5.69 Å². The molecule has 0 fully saturated rings. The van der Waals surface area contributed by atoms with Crippen LogP contribution >= 0.6 is 0 Å². The molecule has 0 unspecified atom stereocenters. The molecular weight excluding hydrogens is 394 g/mol. The molecule has 0 aliphatic carbocycles. The molecule has 7 heteroatoms. The predicted molar refractivity (Wildman–Crippen MR) is 118 cm³/mol. The van der Waals surface area contributed by atoms with E-state index < -0.39 is 6.10 Å². The number of nitrogens with zero attached hydrogens (tertiary/aromatic N) is 1. The molecule has 0 aliphatic heterocycles. The molecule has 2 amide bonds. The van der Waals surface area contributed by atoms with Crippen molar-refractivity contribution in [1.82, 2.24) is 10.3 Å². The first-order valence-electron chi connectivity index (χ1n) is 9.98. The highest BCUT2D eigenvalue weighted by Gasteiger charge is 2.21. The second-order valence-electron chi connectivity index (χ2n) is 6.77. The van der Waals surface area contributed by atoms with Crippen LogP contribution in [-0.2, 0) is 11.3 Å². The zero-order valence-corrected chi connectivity index (χ0v) is 17.5. The molecule has 0 aliphatic rings. The van der Waals surface area contributed by atoms with Gasteiger partial charge in [-0.15, -0.1) is 0 Å². The van der Waals surface area contributed by atoms with E-state index in [1.165, 1.54) is 0 Å². The highest BCUT2D eigenvalue weighted by Crippen LogP contribution is 2.22. The summed E-state index contributed by atoms with van der Waals surface area (Å²) < 4.78 is 11.0. The van der Waals surface area contributed by atoms with Gasteiger partial charge in [0.15, 0.2) is 6.10 Å². The van der Waals surface area contributed by atoms with Crippen LogP contribution in [0.15, 0.2) is 73.1 Å². The van der Waals surface area contributed by atoms with E-state index in [0.717, 1.165) is 5.56 Å². The number of aromatic nitrogens is 1. The van der Waals surface area contributed by atoms with Gasteiger partial charge in [0.1, 0.15) is 11.5 Å². The Morgan fingerprint density at radius 2 is 1.84 bits per heavy atom. The molecule has 3 rings (SSSR count). The second-order valence-corrected chi connectivity index (χ2v) is 6.77. The molecule has 1 atom stereocenters. The third kappa shape index (κ3) is 6.05. The van der Waals surface area contributed by atoms with Crippen molar-refractivity contribution in [1.29, 1.82) is 0 Å². The molecule has 31 heavy (non-hydrogen) atoms.